The number of hydrogen-bond donors (Lipinski definition) is 1. The number of nitrogens with one attached hydrogen (secondary N) is 1. The van der Waals surface area contributed by atoms with Gasteiger partial charge >= 0.3 is 0 Å². The van der Waals surface area contributed by atoms with Crippen LogP contribution in [0, 0.1) is 22.5 Å². The number of nitrogens with zero attached hydrogens (tertiary/aromatic N) is 2. The molecule has 0 unspecified atom stereocenters. The summed E-state index contributed by atoms with van der Waals surface area (Å²) in [5.41, 5.74) is 3.06. The van der Waals surface area contributed by atoms with Gasteiger partial charge in [-0.2, -0.15) is 5.10 Å². The summed E-state index contributed by atoms with van der Waals surface area (Å²) in [6.07, 6.45) is 6.39. The Hall–Kier alpha value is -3.57. The fraction of sp³-hybridized carbons (Fsp3) is 0.200. The highest BCUT2D eigenvalue weighted by atomic mass is 35.5. The summed E-state index contributed by atoms with van der Waals surface area (Å²) in [6.45, 7) is 2.23. The highest BCUT2D eigenvalue weighted by Crippen LogP contribution is 2.36. The van der Waals surface area contributed by atoms with Crippen LogP contribution in [0.4, 0.5) is 5.69 Å². The number of ether oxygens (including phenoxy) is 2. The fourth-order valence-electron chi connectivity index (χ4n) is 2.41. The topological polar surface area (TPSA) is 103 Å². The zero-order valence-corrected chi connectivity index (χ0v) is 16.3. The molecule has 2 aromatic carbocycles. The number of hydrogen-bond acceptors (Lipinski definition) is 6. The number of hydrazone groups is 1. The van der Waals surface area contributed by atoms with Crippen LogP contribution >= 0.6 is 11.6 Å². The van der Waals surface area contributed by atoms with Gasteiger partial charge in [0.05, 0.1) is 29.2 Å². The molecule has 2 rings (SSSR count). The molecule has 0 radical (unpaired) electrons. The second kappa shape index (κ2) is 10.7. The van der Waals surface area contributed by atoms with Gasteiger partial charge in [0, 0.05) is 11.6 Å². The van der Waals surface area contributed by atoms with Crippen LogP contribution in [0.15, 0.2) is 41.5 Å². The molecule has 9 heteroatoms. The molecule has 150 valence electrons. The Bertz CT molecular complexity index is 969. The summed E-state index contributed by atoms with van der Waals surface area (Å²) in [6, 6.07) is 9.23. The van der Waals surface area contributed by atoms with Crippen LogP contribution in [-0.2, 0) is 11.2 Å². The molecule has 0 atom stereocenters. The Morgan fingerprint density at radius 2 is 2.14 bits per heavy atom. The lowest BCUT2D eigenvalue weighted by molar-refractivity contribution is -0.385. The minimum Gasteiger partial charge on any atom is -0.490 e. The van der Waals surface area contributed by atoms with Crippen molar-refractivity contribution < 1.29 is 19.2 Å². The van der Waals surface area contributed by atoms with Gasteiger partial charge in [-0.3, -0.25) is 14.9 Å². The van der Waals surface area contributed by atoms with Gasteiger partial charge in [0.2, 0.25) is 5.91 Å². The number of rotatable bonds is 9. The van der Waals surface area contributed by atoms with Crippen molar-refractivity contribution in [2.75, 3.05) is 13.2 Å². The molecular formula is C20H18ClN3O5. The van der Waals surface area contributed by atoms with Crippen molar-refractivity contribution >= 4 is 29.4 Å². The molecule has 0 aliphatic rings. The number of terminal acetylenes is 1. The number of carbonyl (C=O) groups excluding carboxylic acids is 1. The lowest BCUT2D eigenvalue weighted by Crippen LogP contribution is -2.20. The molecule has 0 aliphatic heterocycles. The summed E-state index contributed by atoms with van der Waals surface area (Å²) in [7, 11) is 0. The van der Waals surface area contributed by atoms with Gasteiger partial charge in [0.15, 0.2) is 11.5 Å². The first kappa shape index (κ1) is 21.7. The predicted molar refractivity (Wildman–Crippen MR) is 109 cm³/mol. The van der Waals surface area contributed by atoms with Crippen LogP contribution in [0.2, 0.25) is 5.02 Å². The summed E-state index contributed by atoms with van der Waals surface area (Å²) < 4.78 is 10.9. The van der Waals surface area contributed by atoms with Crippen molar-refractivity contribution in [1.29, 1.82) is 0 Å². The van der Waals surface area contributed by atoms with Crippen molar-refractivity contribution in [3.8, 4) is 23.8 Å². The Labute approximate surface area is 172 Å². The largest absolute Gasteiger partial charge is 0.490 e. The first-order chi connectivity index (χ1) is 14.0. The molecular weight excluding hydrogens is 398 g/mol. The van der Waals surface area contributed by atoms with E-state index in [-0.39, 0.29) is 23.7 Å². The van der Waals surface area contributed by atoms with E-state index in [1.165, 1.54) is 24.4 Å². The lowest BCUT2D eigenvalue weighted by Gasteiger charge is -2.12. The van der Waals surface area contributed by atoms with E-state index in [1.807, 2.05) is 6.92 Å². The number of halogens is 1. The first-order valence-electron chi connectivity index (χ1n) is 8.53. The molecule has 0 aromatic heterocycles. The van der Waals surface area contributed by atoms with Crippen LogP contribution < -0.4 is 14.9 Å². The van der Waals surface area contributed by atoms with Crippen LogP contribution in [-0.4, -0.2) is 30.3 Å². The zero-order chi connectivity index (χ0) is 21.2. The third-order valence-corrected chi connectivity index (χ3v) is 3.85. The highest BCUT2D eigenvalue weighted by Gasteiger charge is 2.15. The molecule has 8 nitrogen and oxygen atoms in total. The van der Waals surface area contributed by atoms with E-state index < -0.39 is 10.8 Å². The van der Waals surface area contributed by atoms with Crippen molar-refractivity contribution in [2.24, 2.45) is 5.10 Å². The average molecular weight is 416 g/mol. The van der Waals surface area contributed by atoms with Crippen LogP contribution in [0.25, 0.3) is 0 Å². The number of para-hydroxylation sites is 1. The summed E-state index contributed by atoms with van der Waals surface area (Å²) in [5.74, 6) is 2.57. The molecule has 0 aliphatic carbocycles. The molecule has 1 amide bonds. The second-order valence-corrected chi connectivity index (χ2v) is 6.02. The Balaban J connectivity index is 2.09. The minimum absolute atomic E-state index is 0.0366. The molecule has 0 bridgehead atoms. The smallest absolute Gasteiger partial charge is 0.273 e. The summed E-state index contributed by atoms with van der Waals surface area (Å²) >= 11 is 6.22. The van der Waals surface area contributed by atoms with E-state index >= 15 is 0 Å². The van der Waals surface area contributed by atoms with Crippen LogP contribution in [0.3, 0.4) is 0 Å². The average Bonchev–Trinajstić information content (AvgIpc) is 2.68. The Morgan fingerprint density at radius 3 is 2.83 bits per heavy atom. The van der Waals surface area contributed by atoms with Crippen LogP contribution in [0.5, 0.6) is 11.5 Å². The number of carbonyl (C=O) groups is 1. The van der Waals surface area contributed by atoms with Gasteiger partial charge < -0.3 is 9.47 Å². The van der Waals surface area contributed by atoms with Crippen molar-refractivity contribution in [1.82, 2.24) is 5.43 Å². The number of nitro benzene ring substituents is 1. The van der Waals surface area contributed by atoms with E-state index in [2.05, 4.69) is 16.4 Å². The number of amides is 1. The second-order valence-electron chi connectivity index (χ2n) is 5.61. The number of benzene rings is 2. The standard InChI is InChI=1S/C20H18ClN3O5/c1-3-9-29-20-16(21)10-14(11-18(20)28-4-2)13-22-23-19(25)12-15-7-5-6-8-17(15)24(26)27/h1,5-8,10-11,13H,4,9,12H2,2H3,(H,23,25). The Morgan fingerprint density at radius 1 is 1.38 bits per heavy atom. The molecule has 0 saturated heterocycles. The first-order valence-corrected chi connectivity index (χ1v) is 8.90. The van der Waals surface area contributed by atoms with Gasteiger partial charge in [-0.1, -0.05) is 35.7 Å². The monoisotopic (exact) mass is 415 g/mol. The summed E-state index contributed by atoms with van der Waals surface area (Å²) in [5, 5.41) is 15.2. The van der Waals surface area contributed by atoms with Gasteiger partial charge in [-0.15, -0.1) is 6.42 Å². The quantitative estimate of drug-likeness (QED) is 0.293. The van der Waals surface area contributed by atoms with Gasteiger partial charge in [-0.05, 0) is 24.6 Å². The molecule has 0 saturated carbocycles. The van der Waals surface area contributed by atoms with Crippen molar-refractivity contribution in [3.63, 3.8) is 0 Å². The maximum absolute atomic E-state index is 12.0. The fourth-order valence-corrected chi connectivity index (χ4v) is 2.68. The van der Waals surface area contributed by atoms with E-state index in [1.54, 1.807) is 18.2 Å². The third-order valence-electron chi connectivity index (χ3n) is 3.57. The summed E-state index contributed by atoms with van der Waals surface area (Å²) in [4.78, 5) is 22.5. The van der Waals surface area contributed by atoms with E-state index in [4.69, 9.17) is 27.5 Å². The SMILES string of the molecule is C#CCOc1c(Cl)cc(C=NNC(=O)Cc2ccccc2[N+](=O)[O-])cc1OCC. The normalized spacial score (nSPS) is 10.4. The molecule has 0 spiro atoms. The van der Waals surface area contributed by atoms with Crippen molar-refractivity contribution in [3.05, 3.63) is 62.7 Å². The zero-order valence-electron chi connectivity index (χ0n) is 15.6. The third kappa shape index (κ3) is 6.23. The molecule has 29 heavy (non-hydrogen) atoms. The highest BCUT2D eigenvalue weighted by molar-refractivity contribution is 6.32. The lowest BCUT2D eigenvalue weighted by atomic mass is 10.1. The van der Waals surface area contributed by atoms with Gasteiger partial charge in [-0.25, -0.2) is 5.43 Å². The van der Waals surface area contributed by atoms with E-state index in [0.29, 0.717) is 29.2 Å². The Kier molecular flexibility index (Phi) is 8.00. The molecule has 0 heterocycles. The maximum Gasteiger partial charge on any atom is 0.273 e. The van der Waals surface area contributed by atoms with Crippen LogP contribution in [0.1, 0.15) is 18.1 Å². The van der Waals surface area contributed by atoms with Gasteiger partial charge in [0.1, 0.15) is 6.61 Å². The van der Waals surface area contributed by atoms with Crippen molar-refractivity contribution in [2.45, 2.75) is 13.3 Å². The predicted octanol–water partition coefficient (Wildman–Crippen LogP) is 3.35. The molecule has 0 fully saturated rings. The molecule has 2 aromatic rings. The molecule has 1 N–H and O–H groups in total. The van der Waals surface area contributed by atoms with Gasteiger partial charge in [0.25, 0.3) is 5.69 Å². The maximum atomic E-state index is 12.0. The van der Waals surface area contributed by atoms with E-state index in [9.17, 15) is 14.9 Å². The van der Waals surface area contributed by atoms with E-state index in [0.717, 1.165) is 0 Å². The minimum atomic E-state index is -0.535. The number of nitro groups is 1.